The Labute approximate surface area is 145 Å². The number of carbonyl (C=O) groups excluding carboxylic acids is 1. The van der Waals surface area contributed by atoms with Crippen LogP contribution in [0.2, 0.25) is 5.02 Å². The molecule has 2 aromatic rings. The van der Waals surface area contributed by atoms with Crippen LogP contribution in [0.15, 0.2) is 48.5 Å². The standard InChI is InChI=1S/C18H18ClNO4/c19-14-5-3-4-13(10-14)17-11-20(8-9-23-17)18(22)12-24-16-7-2-1-6-15(16)21/h1-7,10,17,21H,8-9,11-12H2. The van der Waals surface area contributed by atoms with E-state index in [1.54, 1.807) is 29.2 Å². The van der Waals surface area contributed by atoms with Gasteiger partial charge in [-0.05, 0) is 29.8 Å². The Hall–Kier alpha value is -2.24. The van der Waals surface area contributed by atoms with E-state index < -0.39 is 0 Å². The van der Waals surface area contributed by atoms with Crippen molar-refractivity contribution in [3.8, 4) is 11.5 Å². The van der Waals surface area contributed by atoms with Crippen molar-refractivity contribution in [3.05, 3.63) is 59.1 Å². The van der Waals surface area contributed by atoms with Gasteiger partial charge in [0.25, 0.3) is 5.91 Å². The quantitative estimate of drug-likeness (QED) is 0.923. The van der Waals surface area contributed by atoms with E-state index >= 15 is 0 Å². The number of para-hydroxylation sites is 2. The van der Waals surface area contributed by atoms with E-state index in [9.17, 15) is 9.90 Å². The summed E-state index contributed by atoms with van der Waals surface area (Å²) in [6.07, 6.45) is -0.202. The van der Waals surface area contributed by atoms with Crippen LogP contribution in [-0.2, 0) is 9.53 Å². The zero-order chi connectivity index (χ0) is 16.9. The Bertz CT molecular complexity index is 722. The minimum Gasteiger partial charge on any atom is -0.504 e. The highest BCUT2D eigenvalue weighted by molar-refractivity contribution is 6.30. The lowest BCUT2D eigenvalue weighted by Gasteiger charge is -2.33. The molecule has 1 N–H and O–H groups in total. The van der Waals surface area contributed by atoms with Gasteiger partial charge in [0, 0.05) is 11.6 Å². The minimum absolute atomic E-state index is 0.0177. The molecule has 24 heavy (non-hydrogen) atoms. The largest absolute Gasteiger partial charge is 0.504 e. The third-order valence-electron chi connectivity index (χ3n) is 3.86. The van der Waals surface area contributed by atoms with Gasteiger partial charge in [-0.3, -0.25) is 4.79 Å². The van der Waals surface area contributed by atoms with Crippen molar-refractivity contribution in [1.29, 1.82) is 0 Å². The number of amides is 1. The first kappa shape index (κ1) is 16.6. The number of phenolic OH excluding ortho intramolecular Hbond substituents is 1. The van der Waals surface area contributed by atoms with Crippen LogP contribution in [0.1, 0.15) is 11.7 Å². The SMILES string of the molecule is O=C(COc1ccccc1O)N1CCOC(c2cccc(Cl)c2)C1. The molecule has 1 aliphatic heterocycles. The highest BCUT2D eigenvalue weighted by Gasteiger charge is 2.25. The fourth-order valence-electron chi connectivity index (χ4n) is 2.59. The van der Waals surface area contributed by atoms with Crippen LogP contribution in [0.25, 0.3) is 0 Å². The second-order valence-corrected chi connectivity index (χ2v) is 5.95. The van der Waals surface area contributed by atoms with Crippen LogP contribution in [0.3, 0.4) is 0 Å². The third-order valence-corrected chi connectivity index (χ3v) is 4.09. The number of benzene rings is 2. The first-order valence-corrected chi connectivity index (χ1v) is 8.07. The van der Waals surface area contributed by atoms with E-state index in [2.05, 4.69) is 0 Å². The summed E-state index contributed by atoms with van der Waals surface area (Å²) >= 11 is 6.02. The number of aromatic hydroxyl groups is 1. The van der Waals surface area contributed by atoms with E-state index in [4.69, 9.17) is 21.1 Å². The van der Waals surface area contributed by atoms with Gasteiger partial charge >= 0.3 is 0 Å². The summed E-state index contributed by atoms with van der Waals surface area (Å²) in [6.45, 7) is 1.29. The second kappa shape index (κ2) is 7.55. The van der Waals surface area contributed by atoms with Crippen molar-refractivity contribution in [1.82, 2.24) is 4.90 Å². The van der Waals surface area contributed by atoms with Crippen molar-refractivity contribution in [2.24, 2.45) is 0 Å². The summed E-state index contributed by atoms with van der Waals surface area (Å²) in [7, 11) is 0. The predicted octanol–water partition coefficient (Wildman–Crippen LogP) is 3.02. The highest BCUT2D eigenvalue weighted by Crippen LogP contribution is 2.26. The van der Waals surface area contributed by atoms with Gasteiger partial charge in [0.15, 0.2) is 18.1 Å². The average Bonchev–Trinajstić information content (AvgIpc) is 2.61. The molecule has 5 nitrogen and oxygen atoms in total. The van der Waals surface area contributed by atoms with Gasteiger partial charge in [-0.15, -0.1) is 0 Å². The molecule has 0 aliphatic carbocycles. The first-order chi connectivity index (χ1) is 11.6. The molecule has 0 aromatic heterocycles. The number of hydrogen-bond acceptors (Lipinski definition) is 4. The number of nitrogens with zero attached hydrogens (tertiary/aromatic N) is 1. The molecule has 1 fully saturated rings. The zero-order valence-electron chi connectivity index (χ0n) is 13.0. The first-order valence-electron chi connectivity index (χ1n) is 7.69. The van der Waals surface area contributed by atoms with Crippen LogP contribution in [0.5, 0.6) is 11.5 Å². The van der Waals surface area contributed by atoms with Crippen molar-refractivity contribution in [2.75, 3.05) is 26.3 Å². The van der Waals surface area contributed by atoms with E-state index in [0.29, 0.717) is 30.5 Å². The van der Waals surface area contributed by atoms with Crippen molar-refractivity contribution in [2.45, 2.75) is 6.10 Å². The molecule has 1 atom stereocenters. The number of halogens is 1. The maximum absolute atomic E-state index is 12.4. The van der Waals surface area contributed by atoms with Crippen molar-refractivity contribution >= 4 is 17.5 Å². The topological polar surface area (TPSA) is 59.0 Å². The van der Waals surface area contributed by atoms with Gasteiger partial charge in [0.2, 0.25) is 0 Å². The molecule has 0 bridgehead atoms. The molecule has 0 spiro atoms. The van der Waals surface area contributed by atoms with E-state index in [1.165, 1.54) is 6.07 Å². The summed E-state index contributed by atoms with van der Waals surface area (Å²) in [6, 6.07) is 14.0. The number of hydrogen-bond donors (Lipinski definition) is 1. The van der Waals surface area contributed by atoms with Crippen LogP contribution in [0.4, 0.5) is 0 Å². The van der Waals surface area contributed by atoms with Crippen molar-refractivity contribution in [3.63, 3.8) is 0 Å². The van der Waals surface area contributed by atoms with Gasteiger partial charge in [-0.1, -0.05) is 35.9 Å². The highest BCUT2D eigenvalue weighted by atomic mass is 35.5. The predicted molar refractivity (Wildman–Crippen MR) is 90.3 cm³/mol. The maximum Gasteiger partial charge on any atom is 0.260 e. The van der Waals surface area contributed by atoms with Crippen LogP contribution >= 0.6 is 11.6 Å². The second-order valence-electron chi connectivity index (χ2n) is 5.51. The van der Waals surface area contributed by atoms with Gasteiger partial charge in [0.05, 0.1) is 13.2 Å². The number of rotatable bonds is 4. The molecule has 0 saturated carbocycles. The fourth-order valence-corrected chi connectivity index (χ4v) is 2.79. The fraction of sp³-hybridized carbons (Fsp3) is 0.278. The molecule has 1 unspecified atom stereocenters. The molecule has 126 valence electrons. The van der Waals surface area contributed by atoms with Crippen molar-refractivity contribution < 1.29 is 19.4 Å². The smallest absolute Gasteiger partial charge is 0.260 e. The Balaban J connectivity index is 1.60. The Morgan fingerprint density at radius 3 is 2.92 bits per heavy atom. The lowest BCUT2D eigenvalue weighted by atomic mass is 10.1. The molecular formula is C18H18ClNO4. The summed E-state index contributed by atoms with van der Waals surface area (Å²) in [5.74, 6) is 0.170. The summed E-state index contributed by atoms with van der Waals surface area (Å²) in [4.78, 5) is 14.1. The number of ether oxygens (including phenoxy) is 2. The molecule has 1 aliphatic rings. The van der Waals surface area contributed by atoms with Gasteiger partial charge in [-0.2, -0.15) is 0 Å². The third kappa shape index (κ3) is 3.99. The molecule has 1 amide bonds. The van der Waals surface area contributed by atoms with Gasteiger partial charge in [-0.25, -0.2) is 0 Å². The van der Waals surface area contributed by atoms with Gasteiger partial charge in [0.1, 0.15) is 6.10 Å². The van der Waals surface area contributed by atoms with E-state index in [1.807, 2.05) is 18.2 Å². The summed E-state index contributed by atoms with van der Waals surface area (Å²) in [5.41, 5.74) is 0.946. The Morgan fingerprint density at radius 2 is 2.12 bits per heavy atom. The lowest BCUT2D eigenvalue weighted by Crippen LogP contribution is -2.44. The molecular weight excluding hydrogens is 330 g/mol. The molecule has 3 rings (SSSR count). The minimum atomic E-state index is -0.202. The Morgan fingerprint density at radius 1 is 1.29 bits per heavy atom. The van der Waals surface area contributed by atoms with E-state index in [0.717, 1.165) is 5.56 Å². The number of carbonyl (C=O) groups is 1. The molecule has 0 radical (unpaired) electrons. The van der Waals surface area contributed by atoms with Gasteiger partial charge < -0.3 is 19.5 Å². The number of phenols is 1. The zero-order valence-corrected chi connectivity index (χ0v) is 13.8. The van der Waals surface area contributed by atoms with Crippen LogP contribution < -0.4 is 4.74 Å². The molecule has 6 heteroatoms. The van der Waals surface area contributed by atoms with Crippen LogP contribution in [-0.4, -0.2) is 42.2 Å². The lowest BCUT2D eigenvalue weighted by molar-refractivity contribution is -0.141. The maximum atomic E-state index is 12.4. The molecule has 1 saturated heterocycles. The monoisotopic (exact) mass is 347 g/mol. The van der Waals surface area contributed by atoms with Crippen LogP contribution in [0, 0.1) is 0 Å². The number of morpholine rings is 1. The molecule has 1 heterocycles. The summed E-state index contributed by atoms with van der Waals surface area (Å²) < 4.78 is 11.2. The summed E-state index contributed by atoms with van der Waals surface area (Å²) in [5, 5.41) is 10.3. The average molecular weight is 348 g/mol. The van der Waals surface area contributed by atoms with E-state index in [-0.39, 0.29) is 24.4 Å². The normalized spacial score (nSPS) is 17.5. The Kier molecular flexibility index (Phi) is 5.23. The molecule has 2 aromatic carbocycles.